The molecule has 0 unspecified atom stereocenters. The van der Waals surface area contributed by atoms with Crippen LogP contribution in [0.4, 0.5) is 4.39 Å². The second-order valence-corrected chi connectivity index (χ2v) is 8.40. The first kappa shape index (κ1) is 16.1. The zero-order chi connectivity index (χ0) is 17.0. The van der Waals surface area contributed by atoms with Gasteiger partial charge in [0.25, 0.3) is 0 Å². The lowest BCUT2D eigenvalue weighted by Crippen LogP contribution is -2.50. The van der Waals surface area contributed by atoms with E-state index in [1.165, 1.54) is 12.1 Å². The number of halogens is 1. The van der Waals surface area contributed by atoms with Crippen molar-refractivity contribution >= 4 is 5.91 Å². The molecule has 0 bridgehead atoms. The van der Waals surface area contributed by atoms with Crippen molar-refractivity contribution in [3.63, 3.8) is 0 Å². The highest BCUT2D eigenvalue weighted by Gasteiger charge is 2.68. The van der Waals surface area contributed by atoms with Crippen LogP contribution in [0.15, 0.2) is 24.3 Å². The van der Waals surface area contributed by atoms with E-state index in [-0.39, 0.29) is 22.7 Å². The molecule has 1 aromatic rings. The third kappa shape index (κ3) is 2.30. The number of carbonyl (C=O) groups excluding carboxylic acids is 1. The molecule has 3 aliphatic rings. The molecule has 4 heteroatoms. The van der Waals surface area contributed by atoms with Crippen molar-refractivity contribution in [3.05, 3.63) is 35.6 Å². The van der Waals surface area contributed by atoms with Crippen LogP contribution < -0.4 is 0 Å². The van der Waals surface area contributed by atoms with Crippen molar-refractivity contribution < 1.29 is 13.9 Å². The van der Waals surface area contributed by atoms with E-state index in [9.17, 15) is 9.18 Å². The topological polar surface area (TPSA) is 29.5 Å². The average molecular weight is 331 g/mol. The molecule has 24 heavy (non-hydrogen) atoms. The van der Waals surface area contributed by atoms with Gasteiger partial charge in [0.15, 0.2) is 0 Å². The SMILES string of the molecule is CC1(C)C[C@]1(C(=O)N1CCC2(CCCO2)CC1)c1ccc(F)cc1. The molecule has 3 fully saturated rings. The Morgan fingerprint density at radius 3 is 2.25 bits per heavy atom. The number of carbonyl (C=O) groups is 1. The van der Waals surface area contributed by atoms with Crippen LogP contribution >= 0.6 is 0 Å². The second-order valence-electron chi connectivity index (χ2n) is 8.40. The van der Waals surface area contributed by atoms with E-state index in [0.29, 0.717) is 0 Å². The monoisotopic (exact) mass is 331 g/mol. The fourth-order valence-corrected chi connectivity index (χ4v) is 4.87. The van der Waals surface area contributed by atoms with Crippen LogP contribution in [0.3, 0.4) is 0 Å². The van der Waals surface area contributed by atoms with Crippen molar-refractivity contribution in [2.75, 3.05) is 19.7 Å². The highest BCUT2D eigenvalue weighted by molar-refractivity contribution is 5.93. The molecule has 0 aromatic heterocycles. The van der Waals surface area contributed by atoms with Gasteiger partial charge in [-0.05, 0) is 55.2 Å². The fraction of sp³-hybridized carbons (Fsp3) is 0.650. The summed E-state index contributed by atoms with van der Waals surface area (Å²) in [6.45, 7) is 6.69. The van der Waals surface area contributed by atoms with E-state index in [4.69, 9.17) is 4.74 Å². The quantitative estimate of drug-likeness (QED) is 0.827. The number of benzene rings is 1. The number of hydrogen-bond donors (Lipinski definition) is 0. The van der Waals surface area contributed by atoms with Crippen molar-refractivity contribution in [2.24, 2.45) is 5.41 Å². The maximum Gasteiger partial charge on any atom is 0.233 e. The number of rotatable bonds is 2. The number of amides is 1. The lowest BCUT2D eigenvalue weighted by molar-refractivity contribution is -0.139. The molecular formula is C20H26FNO2. The fourth-order valence-electron chi connectivity index (χ4n) is 4.87. The maximum absolute atomic E-state index is 13.4. The minimum atomic E-state index is -0.484. The van der Waals surface area contributed by atoms with Gasteiger partial charge in [0.1, 0.15) is 5.82 Å². The Morgan fingerprint density at radius 2 is 1.75 bits per heavy atom. The van der Waals surface area contributed by atoms with Crippen LogP contribution in [0.5, 0.6) is 0 Å². The Labute approximate surface area is 143 Å². The van der Waals surface area contributed by atoms with Gasteiger partial charge in [0, 0.05) is 19.7 Å². The Balaban J connectivity index is 1.55. The zero-order valence-corrected chi connectivity index (χ0v) is 14.6. The molecule has 0 radical (unpaired) electrons. The molecule has 1 aliphatic carbocycles. The van der Waals surface area contributed by atoms with Gasteiger partial charge in [-0.1, -0.05) is 26.0 Å². The number of piperidine rings is 1. The molecule has 2 heterocycles. The molecule has 1 aromatic carbocycles. The van der Waals surface area contributed by atoms with Gasteiger partial charge in [0.2, 0.25) is 5.91 Å². The molecule has 0 N–H and O–H groups in total. The summed E-state index contributed by atoms with van der Waals surface area (Å²) in [5.41, 5.74) is 0.429. The first-order chi connectivity index (χ1) is 11.4. The van der Waals surface area contributed by atoms with Gasteiger partial charge in [-0.15, -0.1) is 0 Å². The van der Waals surface area contributed by atoms with E-state index in [2.05, 4.69) is 13.8 Å². The van der Waals surface area contributed by atoms with E-state index in [0.717, 1.165) is 57.4 Å². The molecule has 1 saturated carbocycles. The molecule has 2 aliphatic heterocycles. The van der Waals surface area contributed by atoms with E-state index in [1.54, 1.807) is 12.1 Å². The normalized spacial score (nSPS) is 30.5. The third-order valence-corrected chi connectivity index (χ3v) is 6.59. The summed E-state index contributed by atoms with van der Waals surface area (Å²) in [6, 6.07) is 6.51. The molecular weight excluding hydrogens is 305 g/mol. The molecule has 1 amide bonds. The number of likely N-dealkylation sites (tertiary alicyclic amines) is 1. The third-order valence-electron chi connectivity index (χ3n) is 6.59. The summed E-state index contributed by atoms with van der Waals surface area (Å²) in [5, 5.41) is 0. The van der Waals surface area contributed by atoms with Crippen molar-refractivity contribution in [2.45, 2.75) is 57.0 Å². The van der Waals surface area contributed by atoms with E-state index in [1.807, 2.05) is 4.90 Å². The van der Waals surface area contributed by atoms with Gasteiger partial charge in [-0.25, -0.2) is 4.39 Å². The summed E-state index contributed by atoms with van der Waals surface area (Å²) in [5.74, 6) is -0.0370. The van der Waals surface area contributed by atoms with Crippen LogP contribution in [0.25, 0.3) is 0 Å². The van der Waals surface area contributed by atoms with Crippen molar-refractivity contribution in [1.29, 1.82) is 0 Å². The Hall–Kier alpha value is -1.42. The van der Waals surface area contributed by atoms with Crippen LogP contribution in [-0.2, 0) is 14.9 Å². The molecule has 2 saturated heterocycles. The molecule has 1 atom stereocenters. The highest BCUT2D eigenvalue weighted by Crippen LogP contribution is 2.65. The highest BCUT2D eigenvalue weighted by atomic mass is 19.1. The average Bonchev–Trinajstić information content (AvgIpc) is 2.91. The summed E-state index contributed by atoms with van der Waals surface area (Å²) >= 11 is 0. The van der Waals surface area contributed by atoms with Gasteiger partial charge in [-0.3, -0.25) is 4.79 Å². The lowest BCUT2D eigenvalue weighted by Gasteiger charge is -2.40. The Kier molecular flexibility index (Phi) is 3.54. The Bertz CT molecular complexity index is 638. The van der Waals surface area contributed by atoms with Crippen LogP contribution in [0.1, 0.15) is 51.5 Å². The summed E-state index contributed by atoms with van der Waals surface area (Å²) in [6.07, 6.45) is 4.99. The number of ether oxygens (including phenoxy) is 1. The molecule has 4 rings (SSSR count). The van der Waals surface area contributed by atoms with Gasteiger partial charge < -0.3 is 9.64 Å². The first-order valence-electron chi connectivity index (χ1n) is 9.08. The summed E-state index contributed by atoms with van der Waals surface area (Å²) < 4.78 is 19.3. The second kappa shape index (κ2) is 5.29. The largest absolute Gasteiger partial charge is 0.375 e. The van der Waals surface area contributed by atoms with Gasteiger partial charge >= 0.3 is 0 Å². The minimum absolute atomic E-state index is 0.0267. The molecule has 130 valence electrons. The van der Waals surface area contributed by atoms with Gasteiger partial charge in [0.05, 0.1) is 11.0 Å². The van der Waals surface area contributed by atoms with Crippen molar-refractivity contribution in [3.8, 4) is 0 Å². The maximum atomic E-state index is 13.4. The van der Waals surface area contributed by atoms with Crippen molar-refractivity contribution in [1.82, 2.24) is 4.90 Å². The lowest BCUT2D eigenvalue weighted by atomic mass is 9.84. The van der Waals surface area contributed by atoms with Crippen LogP contribution in [-0.4, -0.2) is 36.1 Å². The smallest absolute Gasteiger partial charge is 0.233 e. The first-order valence-corrected chi connectivity index (χ1v) is 9.08. The van der Waals surface area contributed by atoms with Crippen LogP contribution in [0.2, 0.25) is 0 Å². The predicted molar refractivity (Wildman–Crippen MR) is 90.2 cm³/mol. The van der Waals surface area contributed by atoms with E-state index < -0.39 is 5.41 Å². The molecule has 1 spiro atoms. The number of nitrogens with zero attached hydrogens (tertiary/aromatic N) is 1. The molecule has 3 nitrogen and oxygen atoms in total. The minimum Gasteiger partial charge on any atom is -0.375 e. The predicted octanol–water partition coefficient (Wildman–Crippen LogP) is 3.67. The summed E-state index contributed by atoms with van der Waals surface area (Å²) in [7, 11) is 0. The number of hydrogen-bond acceptors (Lipinski definition) is 2. The summed E-state index contributed by atoms with van der Waals surface area (Å²) in [4.78, 5) is 15.4. The van der Waals surface area contributed by atoms with Gasteiger partial charge in [-0.2, -0.15) is 0 Å². The zero-order valence-electron chi connectivity index (χ0n) is 14.6. The van der Waals surface area contributed by atoms with Crippen LogP contribution in [0, 0.1) is 11.2 Å². The standard InChI is InChI=1S/C20H26FNO2/c1-18(2)14-20(18,15-4-6-16(21)7-5-15)17(23)22-11-9-19(10-12-22)8-3-13-24-19/h4-7H,3,8-14H2,1-2H3/t20-/m1/s1. The Morgan fingerprint density at radius 1 is 1.12 bits per heavy atom. The van der Waals surface area contributed by atoms with E-state index >= 15 is 0 Å².